The molecule has 2 aromatic rings. The number of amides is 2. The molecule has 0 aliphatic rings. The molecule has 22 heavy (non-hydrogen) atoms. The summed E-state index contributed by atoms with van der Waals surface area (Å²) in [6, 6.07) is 3.43. The normalized spacial score (nSPS) is 10.3. The second-order valence-corrected chi connectivity index (χ2v) is 4.57. The number of aryl methyl sites for hydroxylation is 1. The van der Waals surface area contributed by atoms with Gasteiger partial charge >= 0.3 is 6.03 Å². The van der Waals surface area contributed by atoms with Gasteiger partial charge in [0.25, 0.3) is 5.56 Å². The summed E-state index contributed by atoms with van der Waals surface area (Å²) in [5.41, 5.74) is 0.117. The molecule has 1 heterocycles. The van der Waals surface area contributed by atoms with Gasteiger partial charge in [0.1, 0.15) is 11.6 Å². The number of urea groups is 1. The van der Waals surface area contributed by atoms with Crippen LogP contribution in [0.5, 0.6) is 0 Å². The largest absolute Gasteiger partial charge is 0.336 e. The molecule has 2 rings (SSSR count). The van der Waals surface area contributed by atoms with Crippen LogP contribution in [0.3, 0.4) is 0 Å². The molecule has 0 fully saturated rings. The van der Waals surface area contributed by atoms with E-state index in [0.717, 1.165) is 18.2 Å². The Morgan fingerprint density at radius 3 is 2.82 bits per heavy atom. The van der Waals surface area contributed by atoms with E-state index in [1.165, 1.54) is 17.0 Å². The maximum Gasteiger partial charge on any atom is 0.319 e. The van der Waals surface area contributed by atoms with Crippen molar-refractivity contribution in [1.29, 1.82) is 0 Å². The third-order valence-corrected chi connectivity index (χ3v) is 2.83. The summed E-state index contributed by atoms with van der Waals surface area (Å²) in [4.78, 5) is 27.2. The minimum absolute atomic E-state index is 0.132. The van der Waals surface area contributed by atoms with Crippen molar-refractivity contribution < 1.29 is 13.6 Å². The highest BCUT2D eigenvalue weighted by molar-refractivity contribution is 5.89. The van der Waals surface area contributed by atoms with Gasteiger partial charge in [-0.05, 0) is 19.1 Å². The molecule has 0 unspecified atom stereocenters. The van der Waals surface area contributed by atoms with Crippen LogP contribution in [0.2, 0.25) is 0 Å². The number of hydrogen-bond acceptors (Lipinski definition) is 3. The lowest BCUT2D eigenvalue weighted by atomic mass is 10.3. The lowest BCUT2D eigenvalue weighted by molar-refractivity contribution is 0.251. The van der Waals surface area contributed by atoms with Gasteiger partial charge in [0.15, 0.2) is 0 Å². The first-order valence-electron chi connectivity index (χ1n) is 6.48. The number of anilines is 1. The summed E-state index contributed by atoms with van der Waals surface area (Å²) in [5, 5.41) is 4.63. The summed E-state index contributed by atoms with van der Waals surface area (Å²) in [7, 11) is 0. The van der Waals surface area contributed by atoms with Crippen LogP contribution in [0.1, 0.15) is 5.69 Å². The van der Waals surface area contributed by atoms with Gasteiger partial charge in [0, 0.05) is 30.9 Å². The molecule has 8 heteroatoms. The van der Waals surface area contributed by atoms with Crippen LogP contribution in [0, 0.1) is 18.6 Å². The SMILES string of the molecule is Cc1cc(=O)n(CCNC(=O)Nc2cc(F)ccc2F)cn1. The van der Waals surface area contributed by atoms with E-state index in [1.807, 2.05) is 0 Å². The zero-order valence-corrected chi connectivity index (χ0v) is 11.8. The second kappa shape index (κ2) is 6.79. The van der Waals surface area contributed by atoms with Crippen molar-refractivity contribution >= 4 is 11.7 Å². The molecule has 1 aromatic carbocycles. The van der Waals surface area contributed by atoms with E-state index in [2.05, 4.69) is 15.6 Å². The molecule has 0 bridgehead atoms. The van der Waals surface area contributed by atoms with Crippen molar-refractivity contribution in [3.63, 3.8) is 0 Å². The van der Waals surface area contributed by atoms with Crippen molar-refractivity contribution in [2.24, 2.45) is 0 Å². The fraction of sp³-hybridized carbons (Fsp3) is 0.214. The van der Waals surface area contributed by atoms with Gasteiger partial charge in [0.05, 0.1) is 12.0 Å². The molecular weight excluding hydrogens is 294 g/mol. The molecule has 0 radical (unpaired) electrons. The maximum atomic E-state index is 13.3. The molecule has 0 saturated heterocycles. The number of nitrogens with one attached hydrogen (secondary N) is 2. The summed E-state index contributed by atoms with van der Waals surface area (Å²) < 4.78 is 27.6. The van der Waals surface area contributed by atoms with Gasteiger partial charge in [0.2, 0.25) is 0 Å². The minimum atomic E-state index is -0.740. The predicted octanol–water partition coefficient (Wildman–Crippen LogP) is 1.65. The highest BCUT2D eigenvalue weighted by Crippen LogP contribution is 2.14. The van der Waals surface area contributed by atoms with Crippen LogP contribution in [0.15, 0.2) is 35.4 Å². The lowest BCUT2D eigenvalue weighted by Gasteiger charge is -2.09. The number of benzene rings is 1. The molecule has 6 nitrogen and oxygen atoms in total. The smallest absolute Gasteiger partial charge is 0.319 e. The van der Waals surface area contributed by atoms with E-state index in [0.29, 0.717) is 5.69 Å². The third-order valence-electron chi connectivity index (χ3n) is 2.83. The van der Waals surface area contributed by atoms with Gasteiger partial charge in [-0.3, -0.25) is 9.36 Å². The van der Waals surface area contributed by atoms with Crippen LogP contribution in [0.25, 0.3) is 0 Å². The van der Waals surface area contributed by atoms with Crippen LogP contribution in [-0.4, -0.2) is 22.1 Å². The maximum absolute atomic E-state index is 13.3. The van der Waals surface area contributed by atoms with Crippen molar-refractivity contribution in [2.45, 2.75) is 13.5 Å². The van der Waals surface area contributed by atoms with Gasteiger partial charge in [-0.25, -0.2) is 18.6 Å². The van der Waals surface area contributed by atoms with Crippen molar-refractivity contribution in [3.05, 3.63) is 58.3 Å². The first-order chi connectivity index (χ1) is 10.5. The van der Waals surface area contributed by atoms with Crippen molar-refractivity contribution in [1.82, 2.24) is 14.9 Å². The van der Waals surface area contributed by atoms with E-state index in [9.17, 15) is 18.4 Å². The number of hydrogen-bond donors (Lipinski definition) is 2. The van der Waals surface area contributed by atoms with Crippen LogP contribution >= 0.6 is 0 Å². The fourth-order valence-electron chi connectivity index (χ4n) is 1.73. The number of carbonyl (C=O) groups is 1. The van der Waals surface area contributed by atoms with E-state index in [1.54, 1.807) is 6.92 Å². The van der Waals surface area contributed by atoms with Crippen LogP contribution in [-0.2, 0) is 6.54 Å². The number of aromatic nitrogens is 2. The molecule has 0 spiro atoms. The number of nitrogens with zero attached hydrogens (tertiary/aromatic N) is 2. The summed E-state index contributed by atoms with van der Waals surface area (Å²) in [6.45, 7) is 2.05. The Labute approximate surface area is 124 Å². The number of halogens is 2. The summed E-state index contributed by atoms with van der Waals surface area (Å²) in [6.07, 6.45) is 1.38. The van der Waals surface area contributed by atoms with Crippen LogP contribution in [0.4, 0.5) is 19.3 Å². The Hall–Kier alpha value is -2.77. The highest BCUT2D eigenvalue weighted by atomic mass is 19.1. The molecule has 116 valence electrons. The Morgan fingerprint density at radius 1 is 1.32 bits per heavy atom. The van der Waals surface area contributed by atoms with E-state index >= 15 is 0 Å². The molecule has 0 aliphatic carbocycles. The minimum Gasteiger partial charge on any atom is -0.336 e. The lowest BCUT2D eigenvalue weighted by Crippen LogP contribution is -2.34. The Balaban J connectivity index is 1.88. The summed E-state index contributed by atoms with van der Waals surface area (Å²) in [5.74, 6) is -1.40. The molecule has 2 amide bonds. The number of carbonyl (C=O) groups excluding carboxylic acids is 1. The average Bonchev–Trinajstić information content (AvgIpc) is 2.45. The zero-order chi connectivity index (χ0) is 16.1. The third kappa shape index (κ3) is 4.11. The van der Waals surface area contributed by atoms with Crippen molar-refractivity contribution in [3.8, 4) is 0 Å². The Bertz CT molecular complexity index is 746. The van der Waals surface area contributed by atoms with Crippen LogP contribution < -0.4 is 16.2 Å². The monoisotopic (exact) mass is 308 g/mol. The van der Waals surface area contributed by atoms with Gasteiger partial charge in [-0.2, -0.15) is 0 Å². The standard InChI is InChI=1S/C14H14F2N4O2/c1-9-6-13(21)20(8-18-9)5-4-17-14(22)19-12-7-10(15)2-3-11(12)16/h2-3,6-8H,4-5H2,1H3,(H2,17,19,22). The van der Waals surface area contributed by atoms with E-state index < -0.39 is 17.7 Å². The van der Waals surface area contributed by atoms with Crippen molar-refractivity contribution in [2.75, 3.05) is 11.9 Å². The molecule has 0 saturated carbocycles. The molecular formula is C14H14F2N4O2. The highest BCUT2D eigenvalue weighted by Gasteiger charge is 2.07. The van der Waals surface area contributed by atoms with E-state index in [4.69, 9.17) is 0 Å². The fourth-order valence-corrected chi connectivity index (χ4v) is 1.73. The molecule has 2 N–H and O–H groups in total. The predicted molar refractivity (Wildman–Crippen MR) is 76.6 cm³/mol. The Kier molecular flexibility index (Phi) is 4.82. The topological polar surface area (TPSA) is 76.0 Å². The number of rotatable bonds is 4. The molecule has 1 aromatic heterocycles. The van der Waals surface area contributed by atoms with Gasteiger partial charge in [-0.15, -0.1) is 0 Å². The average molecular weight is 308 g/mol. The first kappa shape index (κ1) is 15.6. The van der Waals surface area contributed by atoms with E-state index in [-0.39, 0.29) is 24.3 Å². The molecule has 0 atom stereocenters. The van der Waals surface area contributed by atoms with Gasteiger partial charge in [-0.1, -0.05) is 0 Å². The summed E-state index contributed by atoms with van der Waals surface area (Å²) >= 11 is 0. The second-order valence-electron chi connectivity index (χ2n) is 4.57. The van der Waals surface area contributed by atoms with Gasteiger partial charge < -0.3 is 10.6 Å². The first-order valence-corrected chi connectivity index (χ1v) is 6.48. The zero-order valence-electron chi connectivity index (χ0n) is 11.8. The molecule has 0 aliphatic heterocycles. The quantitative estimate of drug-likeness (QED) is 0.902. The Morgan fingerprint density at radius 2 is 2.09 bits per heavy atom.